The fraction of sp³-hybridized carbons (Fsp3) is 0.812. The van der Waals surface area contributed by atoms with Gasteiger partial charge in [0, 0.05) is 45.7 Å². The van der Waals surface area contributed by atoms with Gasteiger partial charge >= 0.3 is 0 Å². The summed E-state index contributed by atoms with van der Waals surface area (Å²) in [6.07, 6.45) is 6.31. The minimum atomic E-state index is 0.524. The molecule has 0 radical (unpaired) electrons. The SMILES string of the molecule is CCCN1CCC(NC(=NC)NCCn2cnnc2CC)CC1. The molecule has 0 atom stereocenters. The third-order valence-electron chi connectivity index (χ3n) is 4.35. The first kappa shape index (κ1) is 17.7. The largest absolute Gasteiger partial charge is 0.355 e. The van der Waals surface area contributed by atoms with Gasteiger partial charge in [0.2, 0.25) is 0 Å². The molecule has 7 heteroatoms. The zero-order chi connectivity index (χ0) is 16.5. The lowest BCUT2D eigenvalue weighted by Gasteiger charge is -2.32. The lowest BCUT2D eigenvalue weighted by Crippen LogP contribution is -2.49. The van der Waals surface area contributed by atoms with Crippen molar-refractivity contribution in [2.24, 2.45) is 4.99 Å². The van der Waals surface area contributed by atoms with Crippen molar-refractivity contribution < 1.29 is 0 Å². The van der Waals surface area contributed by atoms with E-state index in [1.165, 1.54) is 38.9 Å². The number of aryl methyl sites for hydroxylation is 1. The summed E-state index contributed by atoms with van der Waals surface area (Å²) in [6.45, 7) is 9.60. The van der Waals surface area contributed by atoms with Crippen LogP contribution in [-0.4, -0.2) is 64.9 Å². The van der Waals surface area contributed by atoms with E-state index in [9.17, 15) is 0 Å². The number of rotatable bonds is 7. The summed E-state index contributed by atoms with van der Waals surface area (Å²) in [7, 11) is 1.83. The number of hydrogen-bond donors (Lipinski definition) is 2. The normalized spacial score (nSPS) is 17.4. The molecule has 1 aromatic rings. The Balaban J connectivity index is 1.70. The Morgan fingerprint density at radius 3 is 2.74 bits per heavy atom. The molecule has 1 saturated heterocycles. The molecule has 0 aliphatic carbocycles. The number of aliphatic imine (C=N–C) groups is 1. The number of nitrogens with one attached hydrogen (secondary N) is 2. The van der Waals surface area contributed by atoms with Crippen LogP contribution >= 0.6 is 0 Å². The van der Waals surface area contributed by atoms with Crippen LogP contribution in [0.4, 0.5) is 0 Å². The first-order valence-corrected chi connectivity index (χ1v) is 8.83. The van der Waals surface area contributed by atoms with E-state index in [0.717, 1.165) is 31.3 Å². The average molecular weight is 321 g/mol. The molecule has 0 spiro atoms. The van der Waals surface area contributed by atoms with Crippen molar-refractivity contribution in [3.05, 3.63) is 12.2 Å². The van der Waals surface area contributed by atoms with Gasteiger partial charge in [-0.2, -0.15) is 0 Å². The monoisotopic (exact) mass is 321 g/mol. The number of guanidine groups is 1. The van der Waals surface area contributed by atoms with E-state index in [-0.39, 0.29) is 0 Å². The molecule has 0 bridgehead atoms. The minimum absolute atomic E-state index is 0.524. The van der Waals surface area contributed by atoms with Crippen LogP contribution < -0.4 is 10.6 Å². The highest BCUT2D eigenvalue weighted by Gasteiger charge is 2.19. The van der Waals surface area contributed by atoms with Crippen LogP contribution in [0.5, 0.6) is 0 Å². The van der Waals surface area contributed by atoms with Crippen molar-refractivity contribution >= 4 is 5.96 Å². The molecule has 2 heterocycles. The standard InChI is InChI=1S/C16H31N7/c1-4-9-22-10-6-14(7-11-22)20-16(17-3)18-8-12-23-13-19-21-15(23)5-2/h13-14H,4-12H2,1-3H3,(H2,17,18,20). The van der Waals surface area contributed by atoms with Crippen LogP contribution in [-0.2, 0) is 13.0 Å². The van der Waals surface area contributed by atoms with E-state index in [4.69, 9.17) is 0 Å². The average Bonchev–Trinajstić information content (AvgIpc) is 3.03. The Morgan fingerprint density at radius 2 is 2.09 bits per heavy atom. The van der Waals surface area contributed by atoms with Crippen LogP contribution in [0.3, 0.4) is 0 Å². The van der Waals surface area contributed by atoms with Crippen molar-refractivity contribution in [1.82, 2.24) is 30.3 Å². The van der Waals surface area contributed by atoms with Crippen LogP contribution in [0.25, 0.3) is 0 Å². The van der Waals surface area contributed by atoms with Gasteiger partial charge in [-0.3, -0.25) is 4.99 Å². The summed E-state index contributed by atoms with van der Waals surface area (Å²) in [5, 5.41) is 15.0. The number of piperidine rings is 1. The van der Waals surface area contributed by atoms with Gasteiger partial charge in [-0.1, -0.05) is 13.8 Å². The highest BCUT2D eigenvalue weighted by Crippen LogP contribution is 2.10. The Kier molecular flexibility index (Phi) is 7.32. The predicted molar refractivity (Wildman–Crippen MR) is 93.7 cm³/mol. The van der Waals surface area contributed by atoms with Crippen molar-refractivity contribution in [3.63, 3.8) is 0 Å². The molecular formula is C16H31N7. The Hall–Kier alpha value is -1.63. The molecule has 1 fully saturated rings. The summed E-state index contributed by atoms with van der Waals surface area (Å²) in [5.74, 6) is 1.92. The number of likely N-dealkylation sites (tertiary alicyclic amines) is 1. The third-order valence-corrected chi connectivity index (χ3v) is 4.35. The molecule has 0 unspecified atom stereocenters. The number of aromatic nitrogens is 3. The molecule has 1 aliphatic heterocycles. The van der Waals surface area contributed by atoms with Crippen molar-refractivity contribution in [2.45, 2.75) is 52.1 Å². The first-order valence-electron chi connectivity index (χ1n) is 8.83. The van der Waals surface area contributed by atoms with Gasteiger partial charge in [-0.25, -0.2) is 0 Å². The number of hydrogen-bond acceptors (Lipinski definition) is 4. The molecule has 0 aromatic carbocycles. The summed E-state index contributed by atoms with van der Waals surface area (Å²) in [5.41, 5.74) is 0. The predicted octanol–water partition coefficient (Wildman–Crippen LogP) is 0.880. The van der Waals surface area contributed by atoms with Crippen molar-refractivity contribution in [3.8, 4) is 0 Å². The Bertz CT molecular complexity index is 475. The second kappa shape index (κ2) is 9.50. The van der Waals surface area contributed by atoms with Crippen LogP contribution in [0, 0.1) is 0 Å². The van der Waals surface area contributed by atoms with Gasteiger partial charge in [-0.15, -0.1) is 10.2 Å². The van der Waals surface area contributed by atoms with E-state index in [1.807, 2.05) is 7.05 Å². The fourth-order valence-corrected chi connectivity index (χ4v) is 3.04. The van der Waals surface area contributed by atoms with Crippen LogP contribution in [0.15, 0.2) is 11.3 Å². The molecule has 1 aromatic heterocycles. The van der Waals surface area contributed by atoms with Crippen LogP contribution in [0.1, 0.15) is 38.9 Å². The van der Waals surface area contributed by atoms with E-state index >= 15 is 0 Å². The fourth-order valence-electron chi connectivity index (χ4n) is 3.04. The molecule has 0 amide bonds. The lowest BCUT2D eigenvalue weighted by atomic mass is 10.1. The van der Waals surface area contributed by atoms with Crippen LogP contribution in [0.2, 0.25) is 0 Å². The van der Waals surface area contributed by atoms with E-state index < -0.39 is 0 Å². The molecule has 23 heavy (non-hydrogen) atoms. The Labute approximate surface area is 139 Å². The highest BCUT2D eigenvalue weighted by molar-refractivity contribution is 5.79. The zero-order valence-corrected chi connectivity index (χ0v) is 14.8. The smallest absolute Gasteiger partial charge is 0.191 e. The molecule has 0 saturated carbocycles. The summed E-state index contributed by atoms with van der Waals surface area (Å²) < 4.78 is 2.09. The second-order valence-electron chi connectivity index (χ2n) is 6.05. The quantitative estimate of drug-likeness (QED) is 0.576. The van der Waals surface area contributed by atoms with Crippen molar-refractivity contribution in [2.75, 3.05) is 33.2 Å². The maximum absolute atomic E-state index is 4.34. The molecule has 7 nitrogen and oxygen atoms in total. The third kappa shape index (κ3) is 5.49. The maximum Gasteiger partial charge on any atom is 0.191 e. The summed E-state index contributed by atoms with van der Waals surface area (Å²) >= 11 is 0. The van der Waals surface area contributed by atoms with E-state index in [2.05, 4.69) is 49.1 Å². The van der Waals surface area contributed by atoms with Gasteiger partial charge < -0.3 is 20.1 Å². The van der Waals surface area contributed by atoms with Crippen molar-refractivity contribution in [1.29, 1.82) is 0 Å². The van der Waals surface area contributed by atoms with Gasteiger partial charge in [-0.05, 0) is 25.8 Å². The maximum atomic E-state index is 4.34. The molecular weight excluding hydrogens is 290 g/mol. The summed E-state index contributed by atoms with van der Waals surface area (Å²) in [6, 6.07) is 0.524. The van der Waals surface area contributed by atoms with E-state index in [1.54, 1.807) is 6.33 Å². The van der Waals surface area contributed by atoms with E-state index in [0.29, 0.717) is 6.04 Å². The van der Waals surface area contributed by atoms with Gasteiger partial charge in [0.15, 0.2) is 5.96 Å². The summed E-state index contributed by atoms with van der Waals surface area (Å²) in [4.78, 5) is 6.89. The Morgan fingerprint density at radius 1 is 1.30 bits per heavy atom. The number of nitrogens with zero attached hydrogens (tertiary/aromatic N) is 5. The first-order chi connectivity index (χ1) is 11.3. The highest BCUT2D eigenvalue weighted by atomic mass is 15.3. The second-order valence-corrected chi connectivity index (χ2v) is 6.05. The topological polar surface area (TPSA) is 70.4 Å². The minimum Gasteiger partial charge on any atom is -0.355 e. The molecule has 2 N–H and O–H groups in total. The van der Waals surface area contributed by atoms with Gasteiger partial charge in [0.05, 0.1) is 0 Å². The molecule has 130 valence electrons. The van der Waals surface area contributed by atoms with Gasteiger partial charge in [0.25, 0.3) is 0 Å². The molecule has 1 aliphatic rings. The lowest BCUT2D eigenvalue weighted by molar-refractivity contribution is 0.206. The molecule has 2 rings (SSSR count). The zero-order valence-electron chi connectivity index (χ0n) is 14.8. The van der Waals surface area contributed by atoms with Gasteiger partial charge in [0.1, 0.15) is 12.2 Å².